The van der Waals surface area contributed by atoms with E-state index in [9.17, 15) is 9.59 Å². The summed E-state index contributed by atoms with van der Waals surface area (Å²) < 4.78 is 12.0. The molecule has 2 amide bonds. The zero-order valence-electron chi connectivity index (χ0n) is 21.6. The first-order chi connectivity index (χ1) is 19.0. The van der Waals surface area contributed by atoms with E-state index in [1.165, 1.54) is 11.3 Å². The average Bonchev–Trinajstić information content (AvgIpc) is 3.48. The topological polar surface area (TPSA) is 107 Å². The Labute approximate surface area is 229 Å². The number of hydrogen-bond donors (Lipinski definition) is 1. The smallest absolute Gasteiger partial charge is 0.253 e. The van der Waals surface area contributed by atoms with Crippen molar-refractivity contribution in [3.8, 4) is 22.9 Å². The summed E-state index contributed by atoms with van der Waals surface area (Å²) in [6, 6.07) is 19.1. The second kappa shape index (κ2) is 10.2. The standard InChI is InChI=1S/C29H27N5O4S/c1-34(2)26(35)19-9-7-18(8-10-19)22-12-11-21-24(20-5-3-4-6-23(20)38-25(21)31-22)29(13-15-37-16-14-29)27(36)32-28-33-30-17-39-28/h3-12,17,24H,13-16H2,1-2H3,(H,32,33,36). The van der Waals surface area contributed by atoms with E-state index in [0.717, 1.165) is 22.4 Å². The predicted octanol–water partition coefficient (Wildman–Crippen LogP) is 4.98. The Balaban J connectivity index is 1.42. The van der Waals surface area contributed by atoms with Crippen molar-refractivity contribution in [2.45, 2.75) is 18.8 Å². The quantitative estimate of drug-likeness (QED) is 0.380. The normalized spacial score (nSPS) is 17.3. The molecule has 2 aromatic heterocycles. The zero-order chi connectivity index (χ0) is 27.0. The number of anilines is 1. The summed E-state index contributed by atoms with van der Waals surface area (Å²) >= 11 is 1.29. The number of ether oxygens (including phenoxy) is 2. The third kappa shape index (κ3) is 4.55. The highest BCUT2D eigenvalue weighted by molar-refractivity contribution is 7.13. The van der Waals surface area contributed by atoms with Gasteiger partial charge in [-0.15, -0.1) is 10.2 Å². The van der Waals surface area contributed by atoms with Gasteiger partial charge in [0.2, 0.25) is 16.9 Å². The van der Waals surface area contributed by atoms with Crippen molar-refractivity contribution in [2.75, 3.05) is 32.6 Å². The number of amides is 2. The highest BCUT2D eigenvalue weighted by Crippen LogP contribution is 2.55. The van der Waals surface area contributed by atoms with Gasteiger partial charge in [-0.05, 0) is 37.1 Å². The first-order valence-corrected chi connectivity index (χ1v) is 13.6. The van der Waals surface area contributed by atoms with Crippen LogP contribution < -0.4 is 10.1 Å². The Morgan fingerprint density at radius 2 is 1.77 bits per heavy atom. The fraction of sp³-hybridized carbons (Fsp3) is 0.276. The molecule has 198 valence electrons. The Morgan fingerprint density at radius 1 is 1.00 bits per heavy atom. The molecule has 39 heavy (non-hydrogen) atoms. The van der Waals surface area contributed by atoms with Crippen molar-refractivity contribution < 1.29 is 19.1 Å². The maximum atomic E-state index is 14.0. The number of carbonyl (C=O) groups excluding carboxylic acids is 2. The van der Waals surface area contributed by atoms with Crippen LogP contribution in [0.2, 0.25) is 0 Å². The number of carbonyl (C=O) groups is 2. The van der Waals surface area contributed by atoms with Crippen LogP contribution in [0.5, 0.6) is 11.6 Å². The van der Waals surface area contributed by atoms with Gasteiger partial charge in [-0.25, -0.2) is 4.98 Å². The van der Waals surface area contributed by atoms with Crippen LogP contribution in [0.4, 0.5) is 5.13 Å². The van der Waals surface area contributed by atoms with E-state index in [1.54, 1.807) is 36.6 Å². The van der Waals surface area contributed by atoms with E-state index in [1.807, 2.05) is 48.5 Å². The number of fused-ring (bicyclic) bond motifs is 2. The van der Waals surface area contributed by atoms with Gasteiger partial charge in [-0.2, -0.15) is 0 Å². The van der Waals surface area contributed by atoms with Gasteiger partial charge in [0.1, 0.15) is 11.3 Å². The van der Waals surface area contributed by atoms with E-state index in [0.29, 0.717) is 48.4 Å². The van der Waals surface area contributed by atoms with Crippen LogP contribution in [0.3, 0.4) is 0 Å². The van der Waals surface area contributed by atoms with Crippen LogP contribution in [0.25, 0.3) is 11.3 Å². The minimum Gasteiger partial charge on any atom is -0.438 e. The molecule has 1 unspecified atom stereocenters. The SMILES string of the molecule is CN(C)C(=O)c1ccc(-c2ccc3c(n2)Oc2ccccc2C3C2(C(=O)Nc3nncs3)CCOCC2)cc1. The predicted molar refractivity (Wildman–Crippen MR) is 147 cm³/mol. The molecule has 0 radical (unpaired) electrons. The molecule has 9 nitrogen and oxygen atoms in total. The third-order valence-corrected chi connectivity index (χ3v) is 8.05. The molecule has 6 rings (SSSR count). The summed E-state index contributed by atoms with van der Waals surface area (Å²) in [6.45, 7) is 0.948. The number of rotatable bonds is 5. The Bertz CT molecular complexity index is 1520. The maximum Gasteiger partial charge on any atom is 0.253 e. The minimum atomic E-state index is -0.796. The molecular weight excluding hydrogens is 514 g/mol. The molecule has 4 heterocycles. The number of para-hydroxylation sites is 1. The number of nitrogens with zero attached hydrogens (tertiary/aromatic N) is 4. The largest absolute Gasteiger partial charge is 0.438 e. The Morgan fingerprint density at radius 3 is 2.49 bits per heavy atom. The molecule has 1 N–H and O–H groups in total. The fourth-order valence-electron chi connectivity index (χ4n) is 5.47. The van der Waals surface area contributed by atoms with Gasteiger partial charge < -0.3 is 19.7 Å². The lowest BCUT2D eigenvalue weighted by Gasteiger charge is -2.44. The highest BCUT2D eigenvalue weighted by Gasteiger charge is 2.51. The maximum absolute atomic E-state index is 14.0. The molecule has 0 aliphatic carbocycles. The highest BCUT2D eigenvalue weighted by atomic mass is 32.1. The van der Waals surface area contributed by atoms with Gasteiger partial charge in [0.05, 0.1) is 11.1 Å². The molecule has 2 aromatic carbocycles. The average molecular weight is 542 g/mol. The molecule has 2 aliphatic rings. The summed E-state index contributed by atoms with van der Waals surface area (Å²) in [4.78, 5) is 32.8. The van der Waals surface area contributed by atoms with Gasteiger partial charge in [0.15, 0.2) is 0 Å². The first-order valence-electron chi connectivity index (χ1n) is 12.7. The van der Waals surface area contributed by atoms with Crippen molar-refractivity contribution in [3.63, 3.8) is 0 Å². The summed E-state index contributed by atoms with van der Waals surface area (Å²) in [6.07, 6.45) is 1.08. The van der Waals surface area contributed by atoms with E-state index < -0.39 is 5.41 Å². The molecule has 1 fully saturated rings. The lowest BCUT2D eigenvalue weighted by Crippen LogP contribution is -2.46. The fourth-order valence-corrected chi connectivity index (χ4v) is 5.91. The number of aromatic nitrogens is 3. The summed E-state index contributed by atoms with van der Waals surface area (Å²) in [5.74, 6) is 0.688. The van der Waals surface area contributed by atoms with Crippen LogP contribution in [0.1, 0.15) is 40.2 Å². The number of hydrogen-bond acceptors (Lipinski definition) is 8. The van der Waals surface area contributed by atoms with Crippen LogP contribution in [-0.4, -0.2) is 59.2 Å². The zero-order valence-corrected chi connectivity index (χ0v) is 22.4. The Hall–Kier alpha value is -4.15. The van der Waals surface area contributed by atoms with E-state index in [4.69, 9.17) is 14.5 Å². The van der Waals surface area contributed by atoms with Gasteiger partial charge in [-0.3, -0.25) is 9.59 Å². The van der Waals surface area contributed by atoms with Crippen molar-refractivity contribution in [1.82, 2.24) is 20.1 Å². The third-order valence-electron chi connectivity index (χ3n) is 7.44. The van der Waals surface area contributed by atoms with Gasteiger partial charge >= 0.3 is 0 Å². The van der Waals surface area contributed by atoms with Gasteiger partial charge in [0, 0.05) is 55.5 Å². The molecule has 4 aromatic rings. The van der Waals surface area contributed by atoms with E-state index >= 15 is 0 Å². The van der Waals surface area contributed by atoms with Crippen LogP contribution in [-0.2, 0) is 9.53 Å². The second-order valence-electron chi connectivity index (χ2n) is 9.91. The van der Waals surface area contributed by atoms with Crippen molar-refractivity contribution >= 4 is 28.3 Å². The molecule has 0 spiro atoms. The molecule has 1 atom stereocenters. The monoisotopic (exact) mass is 541 g/mol. The van der Waals surface area contributed by atoms with Crippen molar-refractivity contribution in [3.05, 3.63) is 82.9 Å². The Kier molecular flexibility index (Phi) is 6.58. The van der Waals surface area contributed by atoms with Crippen molar-refractivity contribution in [2.24, 2.45) is 5.41 Å². The molecule has 1 saturated heterocycles. The summed E-state index contributed by atoms with van der Waals surface area (Å²) in [7, 11) is 3.46. The lowest BCUT2D eigenvalue weighted by molar-refractivity contribution is -0.132. The number of pyridine rings is 1. The van der Waals surface area contributed by atoms with Crippen LogP contribution in [0.15, 0.2) is 66.2 Å². The first kappa shape index (κ1) is 25.1. The van der Waals surface area contributed by atoms with E-state index in [-0.39, 0.29) is 17.7 Å². The van der Waals surface area contributed by atoms with E-state index in [2.05, 4.69) is 15.5 Å². The molecule has 0 saturated carbocycles. The molecule has 10 heteroatoms. The number of nitrogens with one attached hydrogen (secondary N) is 1. The number of benzene rings is 2. The lowest BCUT2D eigenvalue weighted by atomic mass is 9.63. The second-order valence-corrected chi connectivity index (χ2v) is 10.7. The van der Waals surface area contributed by atoms with Crippen LogP contribution >= 0.6 is 11.3 Å². The molecule has 0 bridgehead atoms. The van der Waals surface area contributed by atoms with Crippen molar-refractivity contribution in [1.29, 1.82) is 0 Å². The van der Waals surface area contributed by atoms with Gasteiger partial charge in [-0.1, -0.05) is 47.7 Å². The van der Waals surface area contributed by atoms with Gasteiger partial charge in [0.25, 0.3) is 5.91 Å². The molecular formula is C29H27N5O4S. The van der Waals surface area contributed by atoms with Crippen LogP contribution in [0, 0.1) is 5.41 Å². The minimum absolute atomic E-state index is 0.0590. The molecule has 2 aliphatic heterocycles. The summed E-state index contributed by atoms with van der Waals surface area (Å²) in [5.41, 5.74) is 4.79. The summed E-state index contributed by atoms with van der Waals surface area (Å²) in [5, 5.41) is 11.4.